The molecule has 2 heteroatoms. The highest BCUT2D eigenvalue weighted by molar-refractivity contribution is 6.78. The molecular formula is C36H43BO. The Bertz CT molecular complexity index is 1410. The van der Waals surface area contributed by atoms with Gasteiger partial charge in [-0.3, -0.25) is 0 Å². The summed E-state index contributed by atoms with van der Waals surface area (Å²) in [5.41, 5.74) is 5.27. The molecule has 3 aromatic rings. The molecule has 38 heavy (non-hydrogen) atoms. The lowest BCUT2D eigenvalue weighted by molar-refractivity contribution is -0.107. The first kappa shape index (κ1) is 23.7. The number of para-hydroxylation sites is 1. The zero-order valence-corrected chi connectivity index (χ0v) is 24.1. The number of rotatable bonds is 3. The summed E-state index contributed by atoms with van der Waals surface area (Å²) in [5, 5.41) is 2.80. The van der Waals surface area contributed by atoms with Gasteiger partial charge in [0, 0.05) is 10.9 Å². The Hall–Kier alpha value is -2.22. The number of fused-ring (bicyclic) bond motifs is 6. The quantitative estimate of drug-likeness (QED) is 0.254. The maximum absolute atomic E-state index is 6.52. The average molecular weight is 503 g/mol. The smallest absolute Gasteiger partial charge is 0.183 e. The van der Waals surface area contributed by atoms with Crippen molar-refractivity contribution in [1.82, 2.24) is 0 Å². The summed E-state index contributed by atoms with van der Waals surface area (Å²) < 4.78 is 6.52. The predicted octanol–water partition coefficient (Wildman–Crippen LogP) is 9.46. The molecule has 1 nitrogen and oxygen atoms in total. The van der Waals surface area contributed by atoms with E-state index in [4.69, 9.17) is 4.74 Å². The van der Waals surface area contributed by atoms with Crippen LogP contribution in [0.15, 0.2) is 54.6 Å². The van der Waals surface area contributed by atoms with Crippen molar-refractivity contribution < 1.29 is 4.74 Å². The zero-order valence-electron chi connectivity index (χ0n) is 24.1. The number of ether oxygens (including phenoxy) is 1. The van der Waals surface area contributed by atoms with E-state index in [1.165, 1.54) is 47.6 Å². The highest BCUT2D eigenvalue weighted by atomic mass is 16.5. The molecule has 6 fully saturated rings. The first-order chi connectivity index (χ1) is 18.2. The van der Waals surface area contributed by atoms with Crippen LogP contribution in [0.3, 0.4) is 0 Å². The van der Waals surface area contributed by atoms with E-state index < -0.39 is 0 Å². The van der Waals surface area contributed by atoms with Crippen molar-refractivity contribution >= 4 is 22.9 Å². The van der Waals surface area contributed by atoms with Crippen LogP contribution in [0.2, 0.25) is 11.6 Å². The molecule has 7 aliphatic rings. The molecule has 1 aliphatic heterocycles. The summed E-state index contributed by atoms with van der Waals surface area (Å²) in [6.07, 6.45) is 5.76. The van der Waals surface area contributed by atoms with Crippen LogP contribution in [-0.4, -0.2) is 6.71 Å². The van der Waals surface area contributed by atoms with Gasteiger partial charge in [0.2, 0.25) is 0 Å². The Morgan fingerprint density at radius 3 is 1.87 bits per heavy atom. The fraction of sp³-hybridized carbons (Fsp3) is 0.556. The first-order valence-corrected chi connectivity index (χ1v) is 15.5. The summed E-state index contributed by atoms with van der Waals surface area (Å²) in [7, 11) is 0. The summed E-state index contributed by atoms with van der Waals surface area (Å²) in [6.45, 7) is 16.1. The van der Waals surface area contributed by atoms with E-state index in [-0.39, 0.29) is 0 Å². The van der Waals surface area contributed by atoms with Crippen molar-refractivity contribution in [3.8, 4) is 22.6 Å². The number of hydrogen-bond donors (Lipinski definition) is 0. The van der Waals surface area contributed by atoms with Crippen molar-refractivity contribution in [3.05, 3.63) is 54.6 Å². The molecule has 6 saturated carbocycles. The second kappa shape index (κ2) is 7.70. The third kappa shape index (κ3) is 2.91. The predicted molar refractivity (Wildman–Crippen MR) is 161 cm³/mol. The third-order valence-corrected chi connectivity index (χ3v) is 13.5. The van der Waals surface area contributed by atoms with Crippen LogP contribution in [0.25, 0.3) is 21.9 Å². The molecule has 8 atom stereocenters. The summed E-state index contributed by atoms with van der Waals surface area (Å²) >= 11 is 0. The molecule has 8 unspecified atom stereocenters. The van der Waals surface area contributed by atoms with E-state index in [1.54, 1.807) is 5.46 Å². The molecule has 0 N–H and O–H groups in total. The molecule has 0 radical (unpaired) electrons. The van der Waals surface area contributed by atoms with Crippen molar-refractivity contribution in [2.75, 3.05) is 0 Å². The third-order valence-electron chi connectivity index (χ3n) is 13.5. The lowest BCUT2D eigenvalue weighted by atomic mass is 9.19. The van der Waals surface area contributed by atoms with Crippen LogP contribution < -0.4 is 10.2 Å². The summed E-state index contributed by atoms with van der Waals surface area (Å²) in [6, 6.07) is 20.4. The van der Waals surface area contributed by atoms with Crippen molar-refractivity contribution in [2.45, 2.75) is 78.9 Å². The van der Waals surface area contributed by atoms with Gasteiger partial charge in [0.15, 0.2) is 6.71 Å². The van der Waals surface area contributed by atoms with Crippen LogP contribution >= 0.6 is 0 Å². The molecule has 196 valence electrons. The normalized spacial score (nSPS) is 36.9. The Kier molecular flexibility index (Phi) is 4.80. The van der Waals surface area contributed by atoms with Gasteiger partial charge >= 0.3 is 0 Å². The minimum Gasteiger partial charge on any atom is -0.456 e. The standard InChI is InChI=1S/C36H43BO/c1-20-27-16-22(35(27,3)4)18-30(20)37(31-19-23-17-28(21(31)2)36(23,5)6)29-15-14-25-24-10-7-8-12-32(24)38-33-13-9-11-26(29)34(25)33/h7-15,20-23,27-28,30-31H,16-19H2,1-6H3. The van der Waals surface area contributed by atoms with Gasteiger partial charge in [-0.1, -0.05) is 114 Å². The van der Waals surface area contributed by atoms with Gasteiger partial charge in [-0.05, 0) is 82.3 Å². The highest BCUT2D eigenvalue weighted by Crippen LogP contribution is 2.69. The van der Waals surface area contributed by atoms with E-state index >= 15 is 0 Å². The molecule has 0 aromatic heterocycles. The monoisotopic (exact) mass is 502 g/mol. The van der Waals surface area contributed by atoms with Gasteiger partial charge in [0.05, 0.1) is 0 Å². The molecule has 1 heterocycles. The molecular weight excluding hydrogens is 459 g/mol. The average Bonchev–Trinajstić information content (AvgIpc) is 2.90. The Morgan fingerprint density at radius 1 is 0.658 bits per heavy atom. The Morgan fingerprint density at radius 2 is 1.26 bits per heavy atom. The first-order valence-electron chi connectivity index (χ1n) is 15.5. The topological polar surface area (TPSA) is 9.23 Å². The lowest BCUT2D eigenvalue weighted by Crippen LogP contribution is -2.61. The van der Waals surface area contributed by atoms with Gasteiger partial charge in [0.25, 0.3) is 0 Å². The van der Waals surface area contributed by atoms with Gasteiger partial charge < -0.3 is 4.74 Å². The lowest BCUT2D eigenvalue weighted by Gasteiger charge is -2.66. The fourth-order valence-electron chi connectivity index (χ4n) is 11.0. The van der Waals surface area contributed by atoms with E-state index in [0.717, 1.165) is 58.6 Å². The van der Waals surface area contributed by atoms with Crippen LogP contribution in [0.5, 0.6) is 11.5 Å². The van der Waals surface area contributed by atoms with Crippen molar-refractivity contribution in [2.24, 2.45) is 46.3 Å². The van der Waals surface area contributed by atoms with E-state index in [9.17, 15) is 0 Å². The van der Waals surface area contributed by atoms with Crippen LogP contribution in [0.4, 0.5) is 0 Å². The van der Waals surface area contributed by atoms with Gasteiger partial charge in [-0.15, -0.1) is 0 Å². The molecule has 3 aromatic carbocycles. The SMILES string of the molecule is CC1C(B(c2ccc3c4c(cccc24)Oc2ccccc2-3)C2CC3CC(C2C)C3(C)C)CC2CC1C2(C)C. The zero-order chi connectivity index (χ0) is 26.1. The highest BCUT2D eigenvalue weighted by Gasteiger charge is 2.62. The molecule has 0 amide bonds. The van der Waals surface area contributed by atoms with Crippen LogP contribution in [0.1, 0.15) is 67.2 Å². The maximum Gasteiger partial charge on any atom is 0.183 e. The van der Waals surface area contributed by atoms with Gasteiger partial charge in [-0.2, -0.15) is 0 Å². The van der Waals surface area contributed by atoms with E-state index in [2.05, 4.69) is 96.1 Å². The second-order valence-corrected chi connectivity index (χ2v) is 15.2. The molecule has 0 spiro atoms. The minimum absolute atomic E-state index is 0.528. The maximum atomic E-state index is 6.52. The fourth-order valence-corrected chi connectivity index (χ4v) is 11.0. The summed E-state index contributed by atoms with van der Waals surface area (Å²) in [5.74, 6) is 8.75. The molecule has 0 saturated heterocycles. The molecule has 10 rings (SSSR count). The van der Waals surface area contributed by atoms with Crippen LogP contribution in [-0.2, 0) is 0 Å². The second-order valence-electron chi connectivity index (χ2n) is 15.2. The molecule has 4 bridgehead atoms. The van der Waals surface area contributed by atoms with Crippen molar-refractivity contribution in [3.63, 3.8) is 0 Å². The number of hydrogen-bond acceptors (Lipinski definition) is 1. The van der Waals surface area contributed by atoms with Gasteiger partial charge in [0.1, 0.15) is 11.5 Å². The largest absolute Gasteiger partial charge is 0.456 e. The minimum atomic E-state index is 0.528. The van der Waals surface area contributed by atoms with Crippen LogP contribution in [0, 0.1) is 46.3 Å². The van der Waals surface area contributed by atoms with Gasteiger partial charge in [-0.25, -0.2) is 0 Å². The van der Waals surface area contributed by atoms with E-state index in [1.807, 2.05) is 0 Å². The Balaban J connectivity index is 1.30. The number of benzene rings is 3. The van der Waals surface area contributed by atoms with Crippen molar-refractivity contribution in [1.29, 1.82) is 0 Å². The van der Waals surface area contributed by atoms with E-state index in [0.29, 0.717) is 17.5 Å². The Labute approximate surface area is 229 Å². The molecule has 6 aliphatic carbocycles. The summed E-state index contributed by atoms with van der Waals surface area (Å²) in [4.78, 5) is 0.